The van der Waals surface area contributed by atoms with Crippen molar-refractivity contribution in [2.45, 2.75) is 38.3 Å². The standard InChI is InChI=1S/C14H21NO2/c1-17-14-11(5-4-6-12(14)10-16)9-13-7-2-3-8-15-13/h4-6,13,15-16H,2-3,7-10H2,1H3. The predicted molar refractivity (Wildman–Crippen MR) is 68.3 cm³/mol. The van der Waals surface area contributed by atoms with Crippen LogP contribution in [0, 0.1) is 0 Å². The summed E-state index contributed by atoms with van der Waals surface area (Å²) in [6.45, 7) is 1.15. The van der Waals surface area contributed by atoms with Gasteiger partial charge >= 0.3 is 0 Å². The average Bonchev–Trinajstić information content (AvgIpc) is 2.39. The molecule has 0 bridgehead atoms. The summed E-state index contributed by atoms with van der Waals surface area (Å²) < 4.78 is 5.42. The fourth-order valence-corrected chi connectivity index (χ4v) is 2.55. The Kier molecular flexibility index (Phi) is 4.40. The maximum Gasteiger partial charge on any atom is 0.127 e. The predicted octanol–water partition coefficient (Wildman–Crippen LogP) is 1.87. The molecule has 0 spiro atoms. The lowest BCUT2D eigenvalue weighted by atomic mass is 9.96. The smallest absolute Gasteiger partial charge is 0.127 e. The van der Waals surface area contributed by atoms with Gasteiger partial charge in [0.1, 0.15) is 5.75 Å². The van der Waals surface area contributed by atoms with Crippen molar-refractivity contribution in [1.82, 2.24) is 5.32 Å². The van der Waals surface area contributed by atoms with Gasteiger partial charge in [-0.2, -0.15) is 0 Å². The summed E-state index contributed by atoms with van der Waals surface area (Å²) in [7, 11) is 1.67. The molecule has 1 saturated heterocycles. The average molecular weight is 235 g/mol. The molecule has 2 N–H and O–H groups in total. The van der Waals surface area contributed by atoms with Crippen molar-refractivity contribution in [2.24, 2.45) is 0 Å². The topological polar surface area (TPSA) is 41.5 Å². The van der Waals surface area contributed by atoms with Crippen molar-refractivity contribution in [1.29, 1.82) is 0 Å². The number of aliphatic hydroxyl groups is 1. The van der Waals surface area contributed by atoms with E-state index in [2.05, 4.69) is 11.4 Å². The van der Waals surface area contributed by atoms with Gasteiger partial charge in [0.15, 0.2) is 0 Å². The lowest BCUT2D eigenvalue weighted by Gasteiger charge is -2.24. The summed E-state index contributed by atoms with van der Waals surface area (Å²) in [5, 5.41) is 12.8. The molecule has 0 radical (unpaired) electrons. The van der Waals surface area contributed by atoms with E-state index in [0.29, 0.717) is 6.04 Å². The van der Waals surface area contributed by atoms with Crippen molar-refractivity contribution in [3.05, 3.63) is 29.3 Å². The molecule has 1 fully saturated rings. The molecular weight excluding hydrogens is 214 g/mol. The van der Waals surface area contributed by atoms with Crippen LogP contribution < -0.4 is 10.1 Å². The van der Waals surface area contributed by atoms with E-state index in [-0.39, 0.29) is 6.61 Å². The lowest BCUT2D eigenvalue weighted by Crippen LogP contribution is -2.35. The summed E-state index contributed by atoms with van der Waals surface area (Å²) in [5.41, 5.74) is 2.07. The maximum absolute atomic E-state index is 9.28. The Balaban J connectivity index is 2.13. The van der Waals surface area contributed by atoms with Gasteiger partial charge in [-0.25, -0.2) is 0 Å². The number of aliphatic hydroxyl groups excluding tert-OH is 1. The first-order valence-electron chi connectivity index (χ1n) is 6.34. The molecule has 1 aliphatic rings. The number of rotatable bonds is 4. The van der Waals surface area contributed by atoms with E-state index in [1.54, 1.807) is 7.11 Å². The third-order valence-electron chi connectivity index (χ3n) is 3.43. The molecule has 1 aromatic rings. The van der Waals surface area contributed by atoms with Gasteiger partial charge in [0.2, 0.25) is 0 Å². The largest absolute Gasteiger partial charge is 0.496 e. The first-order valence-corrected chi connectivity index (χ1v) is 6.34. The minimum Gasteiger partial charge on any atom is -0.496 e. The highest BCUT2D eigenvalue weighted by atomic mass is 16.5. The van der Waals surface area contributed by atoms with Crippen LogP contribution in [-0.2, 0) is 13.0 Å². The zero-order valence-corrected chi connectivity index (χ0v) is 10.4. The minimum absolute atomic E-state index is 0.0368. The second-order valence-electron chi connectivity index (χ2n) is 4.62. The Morgan fingerprint density at radius 2 is 2.18 bits per heavy atom. The molecule has 1 atom stereocenters. The Bertz CT molecular complexity index is 359. The molecule has 17 heavy (non-hydrogen) atoms. The van der Waals surface area contributed by atoms with Crippen LogP contribution in [0.15, 0.2) is 18.2 Å². The molecule has 1 aromatic carbocycles. The van der Waals surface area contributed by atoms with Gasteiger partial charge < -0.3 is 15.2 Å². The number of methoxy groups -OCH3 is 1. The Labute approximate surface area is 103 Å². The fourth-order valence-electron chi connectivity index (χ4n) is 2.55. The third kappa shape index (κ3) is 2.99. The molecule has 0 saturated carbocycles. The molecule has 0 aliphatic carbocycles. The van der Waals surface area contributed by atoms with Crippen LogP contribution in [0.2, 0.25) is 0 Å². The van der Waals surface area contributed by atoms with E-state index in [9.17, 15) is 5.11 Å². The highest BCUT2D eigenvalue weighted by molar-refractivity contribution is 5.41. The molecule has 1 aliphatic heterocycles. The minimum atomic E-state index is 0.0368. The van der Waals surface area contributed by atoms with Gasteiger partial charge in [0.05, 0.1) is 13.7 Å². The van der Waals surface area contributed by atoms with Crippen LogP contribution in [0.5, 0.6) is 5.75 Å². The Hall–Kier alpha value is -1.06. The van der Waals surface area contributed by atoms with Crippen LogP contribution in [-0.4, -0.2) is 24.8 Å². The van der Waals surface area contributed by atoms with E-state index in [0.717, 1.165) is 24.3 Å². The van der Waals surface area contributed by atoms with E-state index in [1.165, 1.54) is 24.8 Å². The maximum atomic E-state index is 9.28. The van der Waals surface area contributed by atoms with Crippen molar-refractivity contribution in [3.63, 3.8) is 0 Å². The van der Waals surface area contributed by atoms with Gasteiger partial charge in [0.25, 0.3) is 0 Å². The van der Waals surface area contributed by atoms with Gasteiger partial charge in [-0.15, -0.1) is 0 Å². The summed E-state index contributed by atoms with van der Waals surface area (Å²) >= 11 is 0. The van der Waals surface area contributed by atoms with Crippen molar-refractivity contribution >= 4 is 0 Å². The molecule has 2 rings (SSSR count). The van der Waals surface area contributed by atoms with Crippen LogP contribution in [0.3, 0.4) is 0 Å². The third-order valence-corrected chi connectivity index (χ3v) is 3.43. The second-order valence-corrected chi connectivity index (χ2v) is 4.62. The fraction of sp³-hybridized carbons (Fsp3) is 0.571. The molecule has 1 unspecified atom stereocenters. The van der Waals surface area contributed by atoms with Gasteiger partial charge in [-0.05, 0) is 31.4 Å². The molecule has 0 amide bonds. The molecular formula is C14H21NO2. The van der Waals surface area contributed by atoms with E-state index < -0.39 is 0 Å². The number of benzene rings is 1. The number of hydrogen-bond acceptors (Lipinski definition) is 3. The number of piperidine rings is 1. The number of ether oxygens (including phenoxy) is 1. The van der Waals surface area contributed by atoms with E-state index >= 15 is 0 Å². The van der Waals surface area contributed by atoms with Crippen molar-refractivity contribution in [3.8, 4) is 5.75 Å². The molecule has 0 aromatic heterocycles. The highest BCUT2D eigenvalue weighted by Crippen LogP contribution is 2.26. The molecule has 94 valence electrons. The summed E-state index contributed by atoms with van der Waals surface area (Å²) in [5.74, 6) is 0.849. The van der Waals surface area contributed by atoms with Gasteiger partial charge in [-0.3, -0.25) is 0 Å². The Morgan fingerprint density at radius 3 is 2.82 bits per heavy atom. The first kappa shape index (κ1) is 12.4. The number of hydrogen-bond donors (Lipinski definition) is 2. The summed E-state index contributed by atoms with van der Waals surface area (Å²) in [6.07, 6.45) is 4.80. The van der Waals surface area contributed by atoms with Gasteiger partial charge in [-0.1, -0.05) is 24.6 Å². The monoisotopic (exact) mass is 235 g/mol. The summed E-state index contributed by atoms with van der Waals surface area (Å²) in [6, 6.07) is 6.54. The second kappa shape index (κ2) is 6.03. The molecule has 3 heteroatoms. The molecule has 1 heterocycles. The zero-order chi connectivity index (χ0) is 12.1. The first-order chi connectivity index (χ1) is 8.35. The lowest BCUT2D eigenvalue weighted by molar-refractivity contribution is 0.273. The SMILES string of the molecule is COc1c(CO)cccc1CC1CCCCN1. The van der Waals surface area contributed by atoms with Crippen LogP contribution in [0.1, 0.15) is 30.4 Å². The van der Waals surface area contributed by atoms with Crippen LogP contribution in [0.4, 0.5) is 0 Å². The van der Waals surface area contributed by atoms with Gasteiger partial charge in [0, 0.05) is 11.6 Å². The Morgan fingerprint density at radius 1 is 1.35 bits per heavy atom. The van der Waals surface area contributed by atoms with Crippen LogP contribution in [0.25, 0.3) is 0 Å². The van der Waals surface area contributed by atoms with Crippen LogP contribution >= 0.6 is 0 Å². The summed E-state index contributed by atoms with van der Waals surface area (Å²) in [4.78, 5) is 0. The van der Waals surface area contributed by atoms with E-state index in [1.807, 2.05) is 12.1 Å². The van der Waals surface area contributed by atoms with Crippen molar-refractivity contribution < 1.29 is 9.84 Å². The highest BCUT2D eigenvalue weighted by Gasteiger charge is 2.16. The quantitative estimate of drug-likeness (QED) is 0.837. The normalized spacial score (nSPS) is 20.2. The number of nitrogens with one attached hydrogen (secondary N) is 1. The number of para-hydroxylation sites is 1. The zero-order valence-electron chi connectivity index (χ0n) is 10.4. The molecule has 3 nitrogen and oxygen atoms in total. The van der Waals surface area contributed by atoms with Crippen molar-refractivity contribution in [2.75, 3.05) is 13.7 Å². The van der Waals surface area contributed by atoms with E-state index in [4.69, 9.17) is 4.74 Å².